The van der Waals surface area contributed by atoms with Gasteiger partial charge in [0.2, 0.25) is 0 Å². The fraction of sp³-hybridized carbons (Fsp3) is 0.455. The predicted molar refractivity (Wildman–Crippen MR) is 97.6 cm³/mol. The van der Waals surface area contributed by atoms with Crippen LogP contribution in [0.3, 0.4) is 0 Å². The zero-order valence-corrected chi connectivity index (χ0v) is 14.5. The smallest absolute Gasteiger partial charge is 0.0977 e. The van der Waals surface area contributed by atoms with Gasteiger partial charge in [-0.2, -0.15) is 0 Å². The molecule has 2 heteroatoms. The van der Waals surface area contributed by atoms with Crippen molar-refractivity contribution in [3.63, 3.8) is 0 Å². The lowest BCUT2D eigenvalue weighted by Gasteiger charge is -2.53. The van der Waals surface area contributed by atoms with E-state index in [1.807, 2.05) is 0 Å². The standard InChI is InChI=1S/C22H27NO/c1-17-7-5-10-19(13-17)22(24)20-11-6-12-21(22)16-23(15-20)14-18-8-3-2-4-9-18/h2-5,7-10,13,20-21,24H,6,11-12,14-16H2,1H3. The van der Waals surface area contributed by atoms with Gasteiger partial charge in [-0.25, -0.2) is 0 Å². The van der Waals surface area contributed by atoms with Gasteiger partial charge < -0.3 is 5.11 Å². The van der Waals surface area contributed by atoms with Crippen molar-refractivity contribution in [2.24, 2.45) is 11.8 Å². The van der Waals surface area contributed by atoms with Crippen LogP contribution in [0.2, 0.25) is 0 Å². The van der Waals surface area contributed by atoms with Crippen molar-refractivity contribution in [2.75, 3.05) is 13.1 Å². The second-order valence-corrected chi connectivity index (χ2v) is 7.70. The van der Waals surface area contributed by atoms with Crippen molar-refractivity contribution in [1.29, 1.82) is 0 Å². The summed E-state index contributed by atoms with van der Waals surface area (Å²) in [4.78, 5) is 2.55. The highest BCUT2D eigenvalue weighted by Gasteiger charge is 2.51. The average molecular weight is 321 g/mol. The molecule has 0 aromatic heterocycles. The van der Waals surface area contributed by atoms with Crippen LogP contribution in [-0.2, 0) is 12.1 Å². The highest BCUT2D eigenvalue weighted by Crippen LogP contribution is 2.49. The molecule has 1 aliphatic heterocycles. The number of aliphatic hydroxyl groups is 1. The van der Waals surface area contributed by atoms with E-state index in [-0.39, 0.29) is 0 Å². The predicted octanol–water partition coefficient (Wildman–Crippen LogP) is 4.11. The summed E-state index contributed by atoms with van der Waals surface area (Å²) in [5.41, 5.74) is 3.11. The Balaban J connectivity index is 1.59. The van der Waals surface area contributed by atoms with Crippen LogP contribution in [0, 0.1) is 18.8 Å². The van der Waals surface area contributed by atoms with Gasteiger partial charge in [0, 0.05) is 31.5 Å². The van der Waals surface area contributed by atoms with Crippen LogP contribution < -0.4 is 0 Å². The lowest BCUT2D eigenvalue weighted by molar-refractivity contribution is -0.148. The van der Waals surface area contributed by atoms with Crippen LogP contribution in [0.15, 0.2) is 54.6 Å². The summed E-state index contributed by atoms with van der Waals surface area (Å²) in [7, 11) is 0. The Morgan fingerprint density at radius 2 is 1.71 bits per heavy atom. The molecule has 1 saturated carbocycles. The Morgan fingerprint density at radius 3 is 2.38 bits per heavy atom. The minimum absolute atomic E-state index is 0.343. The van der Waals surface area contributed by atoms with Gasteiger partial charge in [0.15, 0.2) is 0 Å². The number of aryl methyl sites for hydroxylation is 1. The van der Waals surface area contributed by atoms with E-state index in [9.17, 15) is 5.11 Å². The molecule has 1 aliphatic carbocycles. The molecular weight excluding hydrogens is 294 g/mol. The second-order valence-electron chi connectivity index (χ2n) is 7.70. The summed E-state index contributed by atoms with van der Waals surface area (Å²) in [6.07, 6.45) is 3.51. The fourth-order valence-corrected chi connectivity index (χ4v) is 4.88. The molecule has 2 nitrogen and oxygen atoms in total. The maximum absolute atomic E-state index is 11.7. The first-order chi connectivity index (χ1) is 11.7. The summed E-state index contributed by atoms with van der Waals surface area (Å²) in [5.74, 6) is 0.686. The molecule has 0 spiro atoms. The molecule has 2 aliphatic rings. The molecule has 2 unspecified atom stereocenters. The minimum Gasteiger partial charge on any atom is -0.384 e. The van der Waals surface area contributed by atoms with E-state index in [0.29, 0.717) is 11.8 Å². The van der Waals surface area contributed by atoms with Crippen molar-refractivity contribution in [1.82, 2.24) is 4.90 Å². The summed E-state index contributed by atoms with van der Waals surface area (Å²) >= 11 is 0. The van der Waals surface area contributed by atoms with Crippen LogP contribution in [0.4, 0.5) is 0 Å². The third kappa shape index (κ3) is 2.78. The zero-order valence-electron chi connectivity index (χ0n) is 14.5. The zero-order chi connectivity index (χ0) is 16.6. The molecule has 4 rings (SSSR count). The van der Waals surface area contributed by atoms with E-state index in [0.717, 1.165) is 38.0 Å². The van der Waals surface area contributed by atoms with Gasteiger partial charge >= 0.3 is 0 Å². The first-order valence-corrected chi connectivity index (χ1v) is 9.22. The van der Waals surface area contributed by atoms with Crippen LogP contribution in [0.5, 0.6) is 0 Å². The largest absolute Gasteiger partial charge is 0.384 e. The number of hydrogen-bond acceptors (Lipinski definition) is 2. The van der Waals surface area contributed by atoms with Crippen LogP contribution in [0.25, 0.3) is 0 Å². The normalized spacial score (nSPS) is 30.2. The number of fused-ring (bicyclic) bond motifs is 2. The second kappa shape index (κ2) is 6.34. The summed E-state index contributed by atoms with van der Waals surface area (Å²) in [5, 5.41) is 11.7. The van der Waals surface area contributed by atoms with Crippen molar-refractivity contribution in [3.05, 3.63) is 71.3 Å². The number of nitrogens with zero attached hydrogens (tertiary/aromatic N) is 1. The van der Waals surface area contributed by atoms with Gasteiger partial charge in [0.05, 0.1) is 5.60 Å². The first-order valence-electron chi connectivity index (χ1n) is 9.22. The highest BCUT2D eigenvalue weighted by molar-refractivity contribution is 5.30. The highest BCUT2D eigenvalue weighted by atomic mass is 16.3. The van der Waals surface area contributed by atoms with Crippen molar-refractivity contribution < 1.29 is 5.11 Å². The third-order valence-electron chi connectivity index (χ3n) is 6.04. The maximum Gasteiger partial charge on any atom is 0.0977 e. The Morgan fingerprint density at radius 1 is 1.00 bits per heavy atom. The van der Waals surface area contributed by atoms with Gasteiger partial charge in [-0.15, -0.1) is 0 Å². The van der Waals surface area contributed by atoms with E-state index in [4.69, 9.17) is 0 Å². The van der Waals surface area contributed by atoms with Crippen molar-refractivity contribution in [3.8, 4) is 0 Å². The molecule has 2 aromatic rings. The lowest BCUT2D eigenvalue weighted by atomic mass is 9.62. The Labute approximate surface area is 145 Å². The minimum atomic E-state index is -0.641. The quantitative estimate of drug-likeness (QED) is 0.919. The fourth-order valence-electron chi connectivity index (χ4n) is 4.88. The molecular formula is C22H27NO. The SMILES string of the molecule is Cc1cccc(C2(O)C3CCCC2CN(Cc2ccccc2)C3)c1. The van der Waals surface area contributed by atoms with Gasteiger partial charge in [0.1, 0.15) is 0 Å². The van der Waals surface area contributed by atoms with E-state index in [1.54, 1.807) is 0 Å². The molecule has 2 fully saturated rings. The topological polar surface area (TPSA) is 23.5 Å². The molecule has 0 amide bonds. The van der Waals surface area contributed by atoms with E-state index < -0.39 is 5.60 Å². The molecule has 2 aromatic carbocycles. The Bertz CT molecular complexity index is 682. The van der Waals surface area contributed by atoms with Crippen LogP contribution >= 0.6 is 0 Å². The van der Waals surface area contributed by atoms with Gasteiger partial charge in [-0.1, -0.05) is 66.6 Å². The van der Waals surface area contributed by atoms with Crippen molar-refractivity contribution in [2.45, 2.75) is 38.3 Å². The molecule has 1 N–H and O–H groups in total. The maximum atomic E-state index is 11.7. The average Bonchev–Trinajstić information content (AvgIpc) is 2.57. The number of benzene rings is 2. The lowest BCUT2D eigenvalue weighted by Crippen LogP contribution is -2.57. The number of hydrogen-bond donors (Lipinski definition) is 1. The van der Waals surface area contributed by atoms with E-state index >= 15 is 0 Å². The number of likely N-dealkylation sites (tertiary alicyclic amines) is 1. The van der Waals surface area contributed by atoms with Crippen molar-refractivity contribution >= 4 is 0 Å². The van der Waals surface area contributed by atoms with Gasteiger partial charge in [-0.3, -0.25) is 4.90 Å². The van der Waals surface area contributed by atoms with E-state index in [2.05, 4.69) is 66.4 Å². The number of piperidine rings is 1. The van der Waals surface area contributed by atoms with Crippen LogP contribution in [0.1, 0.15) is 36.0 Å². The van der Waals surface area contributed by atoms with Gasteiger partial charge in [0.25, 0.3) is 0 Å². The molecule has 1 heterocycles. The molecule has 126 valence electrons. The molecule has 1 saturated heterocycles. The summed E-state index contributed by atoms with van der Waals surface area (Å²) in [6.45, 7) is 5.11. The first kappa shape index (κ1) is 15.9. The Hall–Kier alpha value is -1.64. The third-order valence-corrected chi connectivity index (χ3v) is 6.04. The summed E-state index contributed by atoms with van der Waals surface area (Å²) in [6, 6.07) is 19.2. The monoisotopic (exact) mass is 321 g/mol. The van der Waals surface area contributed by atoms with Gasteiger partial charge in [-0.05, 0) is 30.9 Å². The van der Waals surface area contributed by atoms with Crippen LogP contribution in [-0.4, -0.2) is 23.1 Å². The Kier molecular flexibility index (Phi) is 4.19. The summed E-state index contributed by atoms with van der Waals surface area (Å²) < 4.78 is 0. The molecule has 2 bridgehead atoms. The number of rotatable bonds is 3. The molecule has 2 atom stereocenters. The van der Waals surface area contributed by atoms with E-state index in [1.165, 1.54) is 17.5 Å². The molecule has 0 radical (unpaired) electrons. The molecule has 24 heavy (non-hydrogen) atoms.